The average molecular weight is 528 g/mol. The second kappa shape index (κ2) is 16.8. The van der Waals surface area contributed by atoms with Crippen molar-refractivity contribution in [3.63, 3.8) is 0 Å². The van der Waals surface area contributed by atoms with E-state index in [0.717, 1.165) is 11.0 Å². The number of aromatic amines is 1. The molecular weight excluding hydrogens is 498 g/mol. The van der Waals surface area contributed by atoms with Crippen LogP contribution in [0.5, 0.6) is 0 Å². The Morgan fingerprint density at radius 3 is 2.06 bits per heavy atom. The number of aromatic nitrogens is 4. The maximum Gasteiger partial charge on any atom is 0.278 e. The van der Waals surface area contributed by atoms with Crippen molar-refractivity contribution < 1.29 is 0 Å². The zero-order chi connectivity index (χ0) is 25.2. The molecule has 0 atom stereocenters. The first-order valence-corrected chi connectivity index (χ1v) is 11.2. The van der Waals surface area contributed by atoms with Crippen molar-refractivity contribution >= 4 is 27.3 Å². The third kappa shape index (κ3) is 11.2. The van der Waals surface area contributed by atoms with E-state index in [0.29, 0.717) is 5.69 Å². The zero-order valence-corrected chi connectivity index (χ0v) is 20.8. The molecule has 0 bridgehead atoms. The van der Waals surface area contributed by atoms with Gasteiger partial charge in [-0.15, -0.1) is 0 Å². The minimum absolute atomic E-state index is 0.222. The molecule has 180 valence electrons. The highest BCUT2D eigenvalue weighted by atomic mass is 79.9. The second-order valence-electron chi connectivity index (χ2n) is 6.58. The van der Waals surface area contributed by atoms with Crippen LogP contribution in [0, 0.1) is 0 Å². The predicted octanol–water partition coefficient (Wildman–Crippen LogP) is 3.23. The fourth-order valence-corrected chi connectivity index (χ4v) is 2.51. The molecule has 0 aromatic carbocycles. The van der Waals surface area contributed by atoms with E-state index in [4.69, 9.17) is 11.5 Å². The molecule has 9 nitrogen and oxygen atoms in total. The number of rotatable bonds is 3. The number of nitrogens with zero attached hydrogens (tertiary/aromatic N) is 3. The minimum Gasteiger partial charge on any atom is -0.394 e. The first-order chi connectivity index (χ1) is 16.4. The lowest BCUT2D eigenvalue weighted by atomic mass is 10.3. The van der Waals surface area contributed by atoms with Gasteiger partial charge in [-0.3, -0.25) is 24.1 Å². The molecule has 34 heavy (non-hydrogen) atoms. The summed E-state index contributed by atoms with van der Waals surface area (Å²) in [6, 6.07) is 13.9. The quantitative estimate of drug-likeness (QED) is 0.320. The van der Waals surface area contributed by atoms with E-state index in [9.17, 15) is 9.59 Å². The van der Waals surface area contributed by atoms with Gasteiger partial charge in [0.2, 0.25) is 0 Å². The van der Waals surface area contributed by atoms with E-state index in [-0.39, 0.29) is 22.5 Å². The van der Waals surface area contributed by atoms with Crippen LogP contribution in [-0.4, -0.2) is 33.1 Å². The number of nitrogens with two attached hydrogens (primary N) is 2. The van der Waals surface area contributed by atoms with Gasteiger partial charge in [-0.1, -0.05) is 6.92 Å². The number of hydrogen-bond donors (Lipinski definition) is 4. The lowest BCUT2D eigenvalue weighted by molar-refractivity contribution is 0.772. The van der Waals surface area contributed by atoms with E-state index in [1.807, 2.05) is 19.2 Å². The molecule has 0 aliphatic heterocycles. The maximum atomic E-state index is 11.6. The van der Waals surface area contributed by atoms with Gasteiger partial charge in [-0.25, -0.2) is 0 Å². The van der Waals surface area contributed by atoms with Crippen molar-refractivity contribution in [2.45, 2.75) is 13.3 Å². The molecule has 10 heteroatoms. The van der Waals surface area contributed by atoms with Crippen molar-refractivity contribution in [3.05, 3.63) is 111 Å². The summed E-state index contributed by atoms with van der Waals surface area (Å²) in [5.74, 6) is 0. The molecule has 6 N–H and O–H groups in total. The van der Waals surface area contributed by atoms with Gasteiger partial charge in [0.25, 0.3) is 11.1 Å². The van der Waals surface area contributed by atoms with Crippen LogP contribution in [0.3, 0.4) is 0 Å². The van der Waals surface area contributed by atoms with Gasteiger partial charge in [0.1, 0.15) is 0 Å². The summed E-state index contributed by atoms with van der Waals surface area (Å²) >= 11 is 3.25. The van der Waals surface area contributed by atoms with Crippen LogP contribution in [0.15, 0.2) is 99.8 Å². The molecule has 0 spiro atoms. The molecule has 0 unspecified atom stereocenters. The molecule has 0 fully saturated rings. The maximum absolute atomic E-state index is 11.6. The molecule has 0 saturated heterocycles. The Bertz CT molecular complexity index is 1180. The van der Waals surface area contributed by atoms with Gasteiger partial charge in [0.15, 0.2) is 0 Å². The molecule has 0 aliphatic carbocycles. The summed E-state index contributed by atoms with van der Waals surface area (Å²) in [5, 5.41) is 3.02. The SMILES string of the molecule is Brc1cccnc1.CCCNC.Nc1ccc[nH]c1=O.Nc1cccn(-c2cccnc2)c1=O. The molecule has 0 radical (unpaired) electrons. The van der Waals surface area contributed by atoms with Crippen LogP contribution in [0.1, 0.15) is 13.3 Å². The summed E-state index contributed by atoms with van der Waals surface area (Å²) in [6.45, 7) is 3.29. The zero-order valence-electron chi connectivity index (χ0n) is 19.2. The molecule has 0 saturated carbocycles. The lowest BCUT2D eigenvalue weighted by Gasteiger charge is -2.04. The van der Waals surface area contributed by atoms with Crippen molar-refractivity contribution in [3.8, 4) is 5.69 Å². The first-order valence-electron chi connectivity index (χ1n) is 10.4. The van der Waals surface area contributed by atoms with Gasteiger partial charge in [-0.05, 0) is 84.5 Å². The number of H-pyrrole nitrogens is 1. The number of halogens is 1. The summed E-state index contributed by atoms with van der Waals surface area (Å²) in [7, 11) is 1.96. The van der Waals surface area contributed by atoms with E-state index in [2.05, 4.69) is 43.1 Å². The highest BCUT2D eigenvalue weighted by Gasteiger charge is 2.00. The minimum atomic E-state index is -0.229. The van der Waals surface area contributed by atoms with E-state index in [1.165, 1.54) is 11.0 Å². The summed E-state index contributed by atoms with van der Waals surface area (Å²) in [5.41, 5.74) is 11.4. The number of pyridine rings is 4. The van der Waals surface area contributed by atoms with Crippen molar-refractivity contribution in [2.75, 3.05) is 25.1 Å². The smallest absolute Gasteiger partial charge is 0.278 e. The van der Waals surface area contributed by atoms with E-state index in [1.54, 1.807) is 73.6 Å². The monoisotopic (exact) mass is 527 g/mol. The molecule has 4 aromatic rings. The molecule has 4 heterocycles. The number of nitrogens with one attached hydrogen (secondary N) is 2. The third-order valence-electron chi connectivity index (χ3n) is 3.87. The van der Waals surface area contributed by atoms with Crippen LogP contribution in [0.25, 0.3) is 5.69 Å². The highest BCUT2D eigenvalue weighted by Crippen LogP contribution is 2.03. The van der Waals surface area contributed by atoms with E-state index >= 15 is 0 Å². The average Bonchev–Trinajstić information content (AvgIpc) is 2.86. The van der Waals surface area contributed by atoms with Crippen LogP contribution < -0.4 is 27.9 Å². The molecular formula is C24H30BrN7O2. The van der Waals surface area contributed by atoms with E-state index < -0.39 is 0 Å². The van der Waals surface area contributed by atoms with Gasteiger partial charge >= 0.3 is 0 Å². The van der Waals surface area contributed by atoms with Gasteiger partial charge in [-0.2, -0.15) is 0 Å². The Morgan fingerprint density at radius 2 is 1.65 bits per heavy atom. The lowest BCUT2D eigenvalue weighted by Crippen LogP contribution is -2.20. The van der Waals surface area contributed by atoms with Crippen LogP contribution in [0.4, 0.5) is 11.4 Å². The first kappa shape index (κ1) is 28.3. The Labute approximate surface area is 207 Å². The Morgan fingerprint density at radius 1 is 0.971 bits per heavy atom. The number of nitrogen functional groups attached to an aromatic ring is 2. The van der Waals surface area contributed by atoms with Crippen LogP contribution in [-0.2, 0) is 0 Å². The van der Waals surface area contributed by atoms with Gasteiger partial charge in [0, 0.05) is 35.5 Å². The Balaban J connectivity index is 0.000000247. The molecule has 4 rings (SSSR count). The van der Waals surface area contributed by atoms with Crippen molar-refractivity contribution in [1.29, 1.82) is 0 Å². The molecule has 0 aliphatic rings. The van der Waals surface area contributed by atoms with Gasteiger partial charge in [0.05, 0.1) is 23.3 Å². The normalized spacial score (nSPS) is 9.26. The third-order valence-corrected chi connectivity index (χ3v) is 4.34. The Kier molecular flexibility index (Phi) is 14.0. The fourth-order valence-electron chi connectivity index (χ4n) is 2.24. The van der Waals surface area contributed by atoms with Crippen molar-refractivity contribution in [1.82, 2.24) is 24.8 Å². The summed E-state index contributed by atoms with van der Waals surface area (Å²) in [6.07, 6.45) is 11.2. The molecule has 0 amide bonds. The topological polar surface area (TPSA) is 145 Å². The predicted molar refractivity (Wildman–Crippen MR) is 142 cm³/mol. The standard InChI is InChI=1S/C10H9N3O.C5H4BrN.C5H6N2O.C4H11N/c11-9-4-2-6-13(10(9)14)8-3-1-5-12-7-8;6-5-2-1-3-7-4-5;6-4-2-1-3-7-5(4)8;1-3-4-5-2/h1-7H,11H2;1-4H;1-3H,6H2,(H,7,8);5H,3-4H2,1-2H3. The van der Waals surface area contributed by atoms with Crippen LogP contribution in [0.2, 0.25) is 0 Å². The van der Waals surface area contributed by atoms with Crippen LogP contribution >= 0.6 is 15.9 Å². The van der Waals surface area contributed by atoms with Crippen molar-refractivity contribution in [2.24, 2.45) is 0 Å². The highest BCUT2D eigenvalue weighted by molar-refractivity contribution is 9.10. The fraction of sp³-hybridized carbons (Fsp3) is 0.167. The summed E-state index contributed by atoms with van der Waals surface area (Å²) in [4.78, 5) is 32.2. The number of hydrogen-bond acceptors (Lipinski definition) is 7. The largest absolute Gasteiger partial charge is 0.394 e. The van der Waals surface area contributed by atoms with Gasteiger partial charge < -0.3 is 21.8 Å². The number of anilines is 2. The Hall–Kier alpha value is -3.76. The molecule has 4 aromatic heterocycles. The second-order valence-corrected chi connectivity index (χ2v) is 7.49. The summed E-state index contributed by atoms with van der Waals surface area (Å²) < 4.78 is 2.48.